The number of halogens is 1. The second-order valence-electron chi connectivity index (χ2n) is 7.23. The average molecular weight is 436 g/mol. The van der Waals surface area contributed by atoms with Crippen LogP contribution in [0.15, 0.2) is 49.1 Å². The first kappa shape index (κ1) is 20.6. The first-order valence-corrected chi connectivity index (χ1v) is 10.0. The lowest BCUT2D eigenvalue weighted by Gasteiger charge is -2.14. The van der Waals surface area contributed by atoms with Crippen LogP contribution in [0.25, 0.3) is 5.65 Å². The maximum Gasteiger partial charge on any atom is 0.218 e. The molecule has 0 amide bonds. The van der Waals surface area contributed by atoms with E-state index in [1.165, 1.54) is 6.33 Å². The molecule has 0 bridgehead atoms. The van der Waals surface area contributed by atoms with Crippen molar-refractivity contribution in [3.63, 3.8) is 0 Å². The topological polar surface area (TPSA) is 114 Å². The Balaban J connectivity index is 1.42. The maximum absolute atomic E-state index is 7.62. The Morgan fingerprint density at radius 1 is 1.16 bits per heavy atom. The molecule has 0 atom stereocenters. The molecule has 3 aromatic heterocycles. The molecule has 0 radical (unpaired) electrons. The van der Waals surface area contributed by atoms with Gasteiger partial charge in [0.1, 0.15) is 30.2 Å². The largest absolute Gasteiger partial charge is 0.471 e. The van der Waals surface area contributed by atoms with Crippen LogP contribution in [-0.2, 0) is 13.2 Å². The summed E-state index contributed by atoms with van der Waals surface area (Å²) < 4.78 is 7.65. The number of nitrogens with one attached hydrogen (secondary N) is 2. The lowest BCUT2D eigenvalue weighted by molar-refractivity contribution is 0.289. The number of fused-ring (bicyclic) bond motifs is 1. The maximum atomic E-state index is 7.62. The highest BCUT2D eigenvalue weighted by molar-refractivity contribution is 6.30. The second-order valence-corrected chi connectivity index (χ2v) is 7.67. The molecule has 0 fully saturated rings. The van der Waals surface area contributed by atoms with E-state index in [1.807, 2.05) is 42.6 Å². The fourth-order valence-corrected chi connectivity index (χ4v) is 3.52. The van der Waals surface area contributed by atoms with Crippen LogP contribution in [0.4, 0.5) is 5.82 Å². The zero-order chi connectivity index (χ0) is 22.0. The molecular formula is C22H22ClN7O. The highest BCUT2D eigenvalue weighted by Crippen LogP contribution is 2.20. The third-order valence-corrected chi connectivity index (χ3v) is 5.15. The van der Waals surface area contributed by atoms with Crippen molar-refractivity contribution in [2.45, 2.75) is 27.0 Å². The van der Waals surface area contributed by atoms with E-state index >= 15 is 0 Å². The molecule has 0 spiro atoms. The summed E-state index contributed by atoms with van der Waals surface area (Å²) in [5.41, 5.74) is 11.2. The van der Waals surface area contributed by atoms with Crippen LogP contribution in [0.5, 0.6) is 5.88 Å². The Hall–Kier alpha value is -3.65. The van der Waals surface area contributed by atoms with Gasteiger partial charge in [-0.1, -0.05) is 11.6 Å². The number of aromatic nitrogens is 4. The monoisotopic (exact) mass is 435 g/mol. The van der Waals surface area contributed by atoms with Crippen molar-refractivity contribution in [3.8, 4) is 5.88 Å². The summed E-state index contributed by atoms with van der Waals surface area (Å²) in [6, 6.07) is 9.24. The van der Waals surface area contributed by atoms with Crippen molar-refractivity contribution in [1.29, 1.82) is 5.41 Å². The Kier molecular flexibility index (Phi) is 5.73. The fraction of sp³-hybridized carbons (Fsp3) is 0.182. The summed E-state index contributed by atoms with van der Waals surface area (Å²) >= 11 is 6.01. The van der Waals surface area contributed by atoms with E-state index in [0.717, 1.165) is 33.6 Å². The third kappa shape index (κ3) is 4.75. The Labute approximate surface area is 184 Å². The Morgan fingerprint density at radius 2 is 1.94 bits per heavy atom. The molecule has 9 heteroatoms. The molecule has 0 unspecified atom stereocenters. The van der Waals surface area contributed by atoms with Crippen LogP contribution in [0.2, 0.25) is 5.02 Å². The van der Waals surface area contributed by atoms with Crippen molar-refractivity contribution in [1.82, 2.24) is 19.4 Å². The van der Waals surface area contributed by atoms with Crippen molar-refractivity contribution in [3.05, 3.63) is 82.0 Å². The van der Waals surface area contributed by atoms with Gasteiger partial charge in [0.2, 0.25) is 5.88 Å². The number of imidazole rings is 1. The first-order valence-electron chi connectivity index (χ1n) is 9.65. The summed E-state index contributed by atoms with van der Waals surface area (Å²) in [7, 11) is 0. The molecular weight excluding hydrogens is 414 g/mol. The molecule has 4 rings (SSSR count). The summed E-state index contributed by atoms with van der Waals surface area (Å²) in [5.74, 6) is 1.17. The lowest BCUT2D eigenvalue weighted by Crippen LogP contribution is -2.13. The summed E-state index contributed by atoms with van der Waals surface area (Å²) in [6.45, 7) is 4.87. The fourth-order valence-electron chi connectivity index (χ4n) is 3.36. The van der Waals surface area contributed by atoms with Crippen LogP contribution in [0, 0.1) is 19.3 Å². The van der Waals surface area contributed by atoms with Crippen LogP contribution < -0.4 is 15.8 Å². The number of aryl methyl sites for hydroxylation is 2. The molecule has 0 saturated carbocycles. The van der Waals surface area contributed by atoms with Crippen LogP contribution in [-0.4, -0.2) is 25.2 Å². The second kappa shape index (κ2) is 8.61. The molecule has 158 valence electrons. The number of benzene rings is 1. The van der Waals surface area contributed by atoms with Gasteiger partial charge in [-0.25, -0.2) is 15.0 Å². The molecule has 4 aromatic rings. The minimum absolute atomic E-state index is 0.0667. The van der Waals surface area contributed by atoms with E-state index in [4.69, 9.17) is 27.5 Å². The van der Waals surface area contributed by atoms with Crippen molar-refractivity contribution >= 4 is 28.9 Å². The molecule has 3 heterocycles. The van der Waals surface area contributed by atoms with E-state index in [-0.39, 0.29) is 12.4 Å². The predicted molar refractivity (Wildman–Crippen MR) is 121 cm³/mol. The van der Waals surface area contributed by atoms with Crippen LogP contribution in [0.3, 0.4) is 0 Å². The summed E-state index contributed by atoms with van der Waals surface area (Å²) in [5, 5.41) is 11.6. The number of pyridine rings is 1. The smallest absolute Gasteiger partial charge is 0.218 e. The molecule has 0 aliphatic rings. The van der Waals surface area contributed by atoms with Gasteiger partial charge in [-0.15, -0.1) is 0 Å². The molecule has 8 nitrogen and oxygen atoms in total. The number of anilines is 1. The number of ether oxygens (including phenoxy) is 1. The van der Waals surface area contributed by atoms with Gasteiger partial charge in [0.25, 0.3) is 0 Å². The molecule has 0 aliphatic heterocycles. The zero-order valence-corrected chi connectivity index (χ0v) is 17.9. The molecule has 31 heavy (non-hydrogen) atoms. The molecule has 0 saturated heterocycles. The standard InChI is InChI=1S/C22H22ClN7O/c1-13-5-15(22(24)25)6-14(2)18(13)8-26-19-7-21(28-12-27-19)31-11-17-10-30-9-16(23)3-4-20(30)29-17/h3-7,9-10,12H,8,11H2,1-2H3,(H3,24,25)(H,26,27,28). The number of nitrogens with two attached hydrogens (primary N) is 1. The van der Waals surface area contributed by atoms with Gasteiger partial charge >= 0.3 is 0 Å². The normalized spacial score (nSPS) is 10.9. The average Bonchev–Trinajstić information content (AvgIpc) is 3.14. The first-order chi connectivity index (χ1) is 14.9. The SMILES string of the molecule is Cc1cc(C(=N)N)cc(C)c1CNc1cc(OCc2cn3cc(Cl)ccc3n2)ncn1. The number of hydrogen-bond donors (Lipinski definition) is 3. The van der Waals surface area contributed by atoms with E-state index < -0.39 is 0 Å². The highest BCUT2D eigenvalue weighted by Gasteiger charge is 2.09. The van der Waals surface area contributed by atoms with Crippen LogP contribution >= 0.6 is 11.6 Å². The van der Waals surface area contributed by atoms with Crippen LogP contribution in [0.1, 0.15) is 27.9 Å². The summed E-state index contributed by atoms with van der Waals surface area (Å²) in [4.78, 5) is 12.9. The zero-order valence-electron chi connectivity index (χ0n) is 17.2. The number of nitrogens with zero attached hydrogens (tertiary/aromatic N) is 4. The van der Waals surface area contributed by atoms with Gasteiger partial charge in [-0.2, -0.15) is 0 Å². The van der Waals surface area contributed by atoms with E-state index in [2.05, 4.69) is 20.3 Å². The van der Waals surface area contributed by atoms with Crippen molar-refractivity contribution < 1.29 is 4.74 Å². The Bertz CT molecular complexity index is 1240. The van der Waals surface area contributed by atoms with E-state index in [1.54, 1.807) is 18.3 Å². The number of amidine groups is 1. The van der Waals surface area contributed by atoms with Gasteiger partial charge in [0, 0.05) is 30.6 Å². The lowest BCUT2D eigenvalue weighted by atomic mass is 9.99. The molecule has 1 aromatic carbocycles. The van der Waals surface area contributed by atoms with E-state index in [0.29, 0.717) is 23.3 Å². The van der Waals surface area contributed by atoms with Gasteiger partial charge in [-0.3, -0.25) is 5.41 Å². The van der Waals surface area contributed by atoms with Crippen molar-refractivity contribution in [2.24, 2.45) is 5.73 Å². The van der Waals surface area contributed by atoms with Gasteiger partial charge < -0.3 is 20.2 Å². The van der Waals surface area contributed by atoms with Crippen molar-refractivity contribution in [2.75, 3.05) is 5.32 Å². The number of nitrogen functional groups attached to an aromatic ring is 1. The number of hydrogen-bond acceptors (Lipinski definition) is 6. The number of rotatable bonds is 7. The highest BCUT2D eigenvalue weighted by atomic mass is 35.5. The predicted octanol–water partition coefficient (Wildman–Crippen LogP) is 3.87. The minimum atomic E-state index is 0.0667. The Morgan fingerprint density at radius 3 is 2.68 bits per heavy atom. The van der Waals surface area contributed by atoms with E-state index in [9.17, 15) is 0 Å². The quantitative estimate of drug-likeness (QED) is 0.300. The minimum Gasteiger partial charge on any atom is -0.471 e. The van der Waals surface area contributed by atoms with Gasteiger partial charge in [-0.05, 0) is 54.8 Å². The third-order valence-electron chi connectivity index (χ3n) is 4.93. The summed E-state index contributed by atoms with van der Waals surface area (Å²) in [6.07, 6.45) is 5.13. The molecule has 4 N–H and O–H groups in total. The molecule has 0 aliphatic carbocycles. The van der Waals surface area contributed by atoms with Gasteiger partial charge in [0.05, 0.1) is 10.7 Å². The van der Waals surface area contributed by atoms with Gasteiger partial charge in [0.15, 0.2) is 0 Å².